The highest BCUT2D eigenvalue weighted by Crippen LogP contribution is 2.19. The van der Waals surface area contributed by atoms with Gasteiger partial charge in [0.25, 0.3) is 0 Å². The Labute approximate surface area is 111 Å². The van der Waals surface area contributed by atoms with Gasteiger partial charge < -0.3 is 14.8 Å². The molecule has 3 nitrogen and oxygen atoms in total. The zero-order valence-electron chi connectivity index (χ0n) is 10.5. The van der Waals surface area contributed by atoms with E-state index in [0.29, 0.717) is 11.0 Å². The number of ether oxygens (including phenoxy) is 1. The minimum Gasteiger partial charge on any atom is -0.486 e. The summed E-state index contributed by atoms with van der Waals surface area (Å²) in [6, 6.07) is 11.4. The maximum Gasteiger partial charge on any atom is 0.488 e. The summed E-state index contributed by atoms with van der Waals surface area (Å²) in [6.07, 6.45) is 0. The summed E-state index contributed by atoms with van der Waals surface area (Å²) >= 11 is 0. The van der Waals surface area contributed by atoms with E-state index in [4.69, 9.17) is 4.74 Å². The van der Waals surface area contributed by atoms with Gasteiger partial charge in [-0.25, -0.2) is 4.39 Å². The molecule has 0 saturated heterocycles. The summed E-state index contributed by atoms with van der Waals surface area (Å²) < 4.78 is 18.9. The van der Waals surface area contributed by atoms with E-state index in [-0.39, 0.29) is 12.4 Å². The monoisotopic (exact) mass is 260 g/mol. The van der Waals surface area contributed by atoms with Crippen LogP contribution < -0.4 is 10.2 Å². The zero-order valence-corrected chi connectivity index (χ0v) is 10.5. The lowest BCUT2D eigenvalue weighted by molar-refractivity contribution is 0.290. The molecule has 2 rings (SSSR count). The van der Waals surface area contributed by atoms with Crippen molar-refractivity contribution < 1.29 is 19.2 Å². The van der Waals surface area contributed by atoms with E-state index in [2.05, 4.69) is 0 Å². The first-order valence-corrected chi connectivity index (χ1v) is 5.91. The third kappa shape index (κ3) is 3.33. The molecule has 0 fully saturated rings. The third-order valence-corrected chi connectivity index (χ3v) is 2.80. The third-order valence-electron chi connectivity index (χ3n) is 2.80. The number of halogens is 1. The molecule has 0 aromatic heterocycles. The van der Waals surface area contributed by atoms with Gasteiger partial charge in [0.1, 0.15) is 6.61 Å². The van der Waals surface area contributed by atoms with Gasteiger partial charge >= 0.3 is 7.12 Å². The molecule has 2 aromatic rings. The predicted molar refractivity (Wildman–Crippen MR) is 71.7 cm³/mol. The molecule has 2 aromatic carbocycles. The lowest BCUT2D eigenvalue weighted by Gasteiger charge is -2.11. The SMILES string of the molecule is Cc1ccc(F)c(OCc2ccccc2B(O)O)c1. The fraction of sp³-hybridized carbons (Fsp3) is 0.143. The number of hydrogen-bond donors (Lipinski definition) is 2. The van der Waals surface area contributed by atoms with Crippen molar-refractivity contribution in [3.8, 4) is 5.75 Å². The van der Waals surface area contributed by atoms with Crippen molar-refractivity contribution in [1.82, 2.24) is 0 Å². The second-order valence-corrected chi connectivity index (χ2v) is 4.30. The molecule has 0 bridgehead atoms. The molecule has 0 aliphatic carbocycles. The van der Waals surface area contributed by atoms with Crippen LogP contribution in [0.1, 0.15) is 11.1 Å². The molecule has 0 amide bonds. The summed E-state index contributed by atoms with van der Waals surface area (Å²) in [5.41, 5.74) is 1.86. The summed E-state index contributed by atoms with van der Waals surface area (Å²) in [7, 11) is -1.57. The smallest absolute Gasteiger partial charge is 0.486 e. The molecule has 0 radical (unpaired) electrons. The van der Waals surface area contributed by atoms with E-state index in [9.17, 15) is 14.4 Å². The lowest BCUT2D eigenvalue weighted by atomic mass is 9.77. The molecular weight excluding hydrogens is 246 g/mol. The first-order valence-electron chi connectivity index (χ1n) is 5.91. The van der Waals surface area contributed by atoms with Crippen LogP contribution in [0.15, 0.2) is 42.5 Å². The van der Waals surface area contributed by atoms with Crippen LogP contribution in [0.25, 0.3) is 0 Å². The largest absolute Gasteiger partial charge is 0.488 e. The quantitative estimate of drug-likeness (QED) is 0.817. The van der Waals surface area contributed by atoms with Gasteiger partial charge in [-0.1, -0.05) is 30.3 Å². The summed E-state index contributed by atoms with van der Waals surface area (Å²) in [5, 5.41) is 18.5. The Morgan fingerprint density at radius 2 is 1.89 bits per heavy atom. The van der Waals surface area contributed by atoms with E-state index < -0.39 is 12.9 Å². The zero-order chi connectivity index (χ0) is 13.8. The Balaban J connectivity index is 2.17. The predicted octanol–water partition coefficient (Wildman–Crippen LogP) is 1.39. The maximum absolute atomic E-state index is 13.5. The van der Waals surface area contributed by atoms with Gasteiger partial charge in [-0.15, -0.1) is 0 Å². The van der Waals surface area contributed by atoms with Crippen molar-refractivity contribution in [1.29, 1.82) is 0 Å². The molecule has 0 spiro atoms. The first-order chi connectivity index (χ1) is 9.08. The van der Waals surface area contributed by atoms with E-state index in [1.165, 1.54) is 6.07 Å². The van der Waals surface area contributed by atoms with E-state index in [1.54, 1.807) is 36.4 Å². The van der Waals surface area contributed by atoms with Crippen LogP contribution in [-0.4, -0.2) is 17.2 Å². The Kier molecular flexibility index (Phi) is 4.19. The number of rotatable bonds is 4. The van der Waals surface area contributed by atoms with Crippen LogP contribution in [0.3, 0.4) is 0 Å². The van der Waals surface area contributed by atoms with Crippen molar-refractivity contribution >= 4 is 12.6 Å². The van der Waals surface area contributed by atoms with E-state index in [1.807, 2.05) is 6.92 Å². The van der Waals surface area contributed by atoms with Gasteiger partial charge in [-0.3, -0.25) is 0 Å². The Bertz CT molecular complexity index is 572. The summed E-state index contributed by atoms with van der Waals surface area (Å²) in [4.78, 5) is 0. The first kappa shape index (κ1) is 13.6. The number of benzene rings is 2. The molecule has 0 atom stereocenters. The average molecular weight is 260 g/mol. The number of aryl methyl sites for hydroxylation is 1. The second kappa shape index (κ2) is 5.86. The van der Waals surface area contributed by atoms with Crippen LogP contribution >= 0.6 is 0 Å². The lowest BCUT2D eigenvalue weighted by Crippen LogP contribution is -2.33. The second-order valence-electron chi connectivity index (χ2n) is 4.30. The van der Waals surface area contributed by atoms with Crippen LogP contribution in [-0.2, 0) is 6.61 Å². The van der Waals surface area contributed by atoms with E-state index in [0.717, 1.165) is 5.56 Å². The van der Waals surface area contributed by atoms with Gasteiger partial charge in [-0.05, 0) is 35.6 Å². The van der Waals surface area contributed by atoms with Gasteiger partial charge in [0.05, 0.1) is 0 Å². The molecule has 5 heteroatoms. The average Bonchev–Trinajstić information content (AvgIpc) is 2.40. The van der Waals surface area contributed by atoms with Crippen LogP contribution in [0.2, 0.25) is 0 Å². The van der Waals surface area contributed by atoms with Crippen LogP contribution in [0, 0.1) is 12.7 Å². The van der Waals surface area contributed by atoms with Crippen molar-refractivity contribution in [2.24, 2.45) is 0 Å². The molecule has 98 valence electrons. The molecule has 0 aliphatic heterocycles. The van der Waals surface area contributed by atoms with Gasteiger partial charge in [-0.2, -0.15) is 0 Å². The van der Waals surface area contributed by atoms with E-state index >= 15 is 0 Å². The molecule has 19 heavy (non-hydrogen) atoms. The minimum atomic E-state index is -1.57. The van der Waals surface area contributed by atoms with Crippen molar-refractivity contribution in [2.45, 2.75) is 13.5 Å². The fourth-order valence-corrected chi connectivity index (χ4v) is 1.79. The Morgan fingerprint density at radius 1 is 1.16 bits per heavy atom. The van der Waals surface area contributed by atoms with Crippen molar-refractivity contribution in [3.05, 3.63) is 59.4 Å². The molecule has 0 saturated carbocycles. The maximum atomic E-state index is 13.5. The van der Waals surface area contributed by atoms with Gasteiger partial charge in [0.15, 0.2) is 11.6 Å². The minimum absolute atomic E-state index is 0.0775. The highest BCUT2D eigenvalue weighted by Gasteiger charge is 2.15. The molecule has 2 N–H and O–H groups in total. The molecule has 0 unspecified atom stereocenters. The normalized spacial score (nSPS) is 10.3. The molecule has 0 heterocycles. The molecular formula is C14H14BFO3. The summed E-state index contributed by atoms with van der Waals surface area (Å²) in [6.45, 7) is 1.92. The van der Waals surface area contributed by atoms with Gasteiger partial charge in [0.2, 0.25) is 0 Å². The standard InChI is InChI=1S/C14H14BFO3/c1-10-6-7-13(16)14(8-10)19-9-11-4-2-3-5-12(11)15(17)18/h2-8,17-18H,9H2,1H3. The highest BCUT2D eigenvalue weighted by atomic mass is 19.1. The van der Waals surface area contributed by atoms with Crippen LogP contribution in [0.4, 0.5) is 4.39 Å². The molecule has 0 aliphatic rings. The summed E-state index contributed by atoms with van der Waals surface area (Å²) in [5.74, 6) is -0.283. The fourth-order valence-electron chi connectivity index (χ4n) is 1.79. The number of hydrogen-bond acceptors (Lipinski definition) is 3. The van der Waals surface area contributed by atoms with Gasteiger partial charge in [0, 0.05) is 0 Å². The van der Waals surface area contributed by atoms with Crippen molar-refractivity contribution in [2.75, 3.05) is 0 Å². The van der Waals surface area contributed by atoms with Crippen molar-refractivity contribution in [3.63, 3.8) is 0 Å². The van der Waals surface area contributed by atoms with Crippen LogP contribution in [0.5, 0.6) is 5.75 Å². The Hall–Kier alpha value is -1.85. The Morgan fingerprint density at radius 3 is 2.63 bits per heavy atom. The topological polar surface area (TPSA) is 49.7 Å². The highest BCUT2D eigenvalue weighted by molar-refractivity contribution is 6.59.